The van der Waals surface area contributed by atoms with Crippen LogP contribution in [0.5, 0.6) is 0 Å². The van der Waals surface area contributed by atoms with E-state index in [1.165, 1.54) is 0 Å². The van der Waals surface area contributed by atoms with Crippen molar-refractivity contribution in [1.82, 2.24) is 10.4 Å². The van der Waals surface area contributed by atoms with Crippen LogP contribution in [0.25, 0.3) is 11.0 Å². The highest BCUT2D eigenvalue weighted by atomic mass is 35.5. The lowest BCUT2D eigenvalue weighted by molar-refractivity contribution is 0.0829. The fourth-order valence-corrected chi connectivity index (χ4v) is 1.84. The third-order valence-corrected chi connectivity index (χ3v) is 2.66. The van der Waals surface area contributed by atoms with E-state index in [2.05, 4.69) is 5.43 Å². The fourth-order valence-electron chi connectivity index (χ4n) is 1.66. The Hall–Kier alpha value is -1.52. The molecule has 5 heteroatoms. The summed E-state index contributed by atoms with van der Waals surface area (Å²) in [5.41, 5.74) is 4.10. The number of furan rings is 1. The van der Waals surface area contributed by atoms with Crippen molar-refractivity contribution in [3.8, 4) is 0 Å². The lowest BCUT2D eigenvalue weighted by Crippen LogP contribution is -2.36. The van der Waals surface area contributed by atoms with Crippen LogP contribution in [0.3, 0.4) is 0 Å². The van der Waals surface area contributed by atoms with E-state index < -0.39 is 0 Å². The number of halogens is 1. The number of rotatable bonds is 2. The molecule has 1 N–H and O–H groups in total. The second kappa shape index (κ2) is 4.39. The summed E-state index contributed by atoms with van der Waals surface area (Å²) in [6.45, 7) is 1.84. The van der Waals surface area contributed by atoms with Crippen molar-refractivity contribution in [2.75, 3.05) is 14.1 Å². The van der Waals surface area contributed by atoms with E-state index in [4.69, 9.17) is 16.0 Å². The number of amides is 1. The highest BCUT2D eigenvalue weighted by Gasteiger charge is 2.17. The average Bonchev–Trinajstić information content (AvgIpc) is 2.55. The molecule has 0 aliphatic carbocycles. The third kappa shape index (κ3) is 2.28. The zero-order valence-corrected chi connectivity index (χ0v) is 10.6. The molecule has 0 saturated heterocycles. The van der Waals surface area contributed by atoms with Crippen molar-refractivity contribution in [2.45, 2.75) is 6.92 Å². The highest BCUT2D eigenvalue weighted by Crippen LogP contribution is 2.27. The minimum atomic E-state index is -0.264. The zero-order chi connectivity index (χ0) is 12.6. The van der Waals surface area contributed by atoms with Crippen LogP contribution in [-0.4, -0.2) is 25.0 Å². The van der Waals surface area contributed by atoms with Gasteiger partial charge in [0.2, 0.25) is 0 Å². The molecule has 0 saturated carbocycles. The summed E-state index contributed by atoms with van der Waals surface area (Å²) in [6, 6.07) is 5.29. The van der Waals surface area contributed by atoms with E-state index in [0.29, 0.717) is 16.4 Å². The van der Waals surface area contributed by atoms with Crippen molar-refractivity contribution in [1.29, 1.82) is 0 Å². The molecule has 0 spiro atoms. The smallest absolute Gasteiger partial charge is 0.301 e. The first-order valence-electron chi connectivity index (χ1n) is 5.16. The Labute approximate surface area is 104 Å². The molecule has 17 heavy (non-hydrogen) atoms. The van der Waals surface area contributed by atoms with Gasteiger partial charge in [-0.25, -0.2) is 5.01 Å². The molecule has 0 aliphatic rings. The zero-order valence-electron chi connectivity index (χ0n) is 9.87. The monoisotopic (exact) mass is 252 g/mol. The number of carbonyl (C=O) groups excluding carboxylic acids is 1. The van der Waals surface area contributed by atoms with Crippen LogP contribution in [0.4, 0.5) is 0 Å². The minimum Gasteiger partial charge on any atom is -0.451 e. The van der Waals surface area contributed by atoms with E-state index in [1.54, 1.807) is 37.3 Å². The summed E-state index contributed by atoms with van der Waals surface area (Å²) in [6.07, 6.45) is 0. The van der Waals surface area contributed by atoms with Crippen LogP contribution in [0, 0.1) is 6.92 Å². The van der Waals surface area contributed by atoms with E-state index in [0.717, 1.165) is 10.9 Å². The van der Waals surface area contributed by atoms with Crippen molar-refractivity contribution in [3.63, 3.8) is 0 Å². The Morgan fingerprint density at radius 1 is 1.41 bits per heavy atom. The first kappa shape index (κ1) is 12.0. The van der Waals surface area contributed by atoms with E-state index >= 15 is 0 Å². The van der Waals surface area contributed by atoms with Gasteiger partial charge in [-0.3, -0.25) is 10.2 Å². The minimum absolute atomic E-state index is 0.264. The molecule has 90 valence electrons. The predicted molar refractivity (Wildman–Crippen MR) is 67.1 cm³/mol. The van der Waals surface area contributed by atoms with Crippen LogP contribution in [0.15, 0.2) is 22.6 Å². The largest absolute Gasteiger partial charge is 0.451 e. The summed E-state index contributed by atoms with van der Waals surface area (Å²) in [5, 5.41) is 3.06. The standard InChI is InChI=1S/C12H13ClN2O2/c1-7-9-6-8(13)4-5-10(9)17-11(7)12(16)14-15(2)3/h4-6H,1-3H3,(H,14,16). The molecule has 1 amide bonds. The van der Waals surface area contributed by atoms with Crippen LogP contribution in [-0.2, 0) is 0 Å². The number of benzene rings is 1. The molecule has 0 fully saturated rings. The number of aryl methyl sites for hydroxylation is 1. The summed E-state index contributed by atoms with van der Waals surface area (Å²) in [4.78, 5) is 11.9. The van der Waals surface area contributed by atoms with E-state index in [-0.39, 0.29) is 5.91 Å². The SMILES string of the molecule is Cc1c(C(=O)NN(C)C)oc2ccc(Cl)cc12. The number of carbonyl (C=O) groups is 1. The molecule has 0 unspecified atom stereocenters. The van der Waals surface area contributed by atoms with Gasteiger partial charge in [-0.1, -0.05) is 11.6 Å². The molecule has 1 aromatic heterocycles. The maximum absolute atomic E-state index is 11.9. The lowest BCUT2D eigenvalue weighted by atomic mass is 10.1. The van der Waals surface area contributed by atoms with Crippen LogP contribution in [0.2, 0.25) is 5.02 Å². The molecule has 0 bridgehead atoms. The Morgan fingerprint density at radius 2 is 2.12 bits per heavy atom. The molecular formula is C12H13ClN2O2. The Bertz CT molecular complexity index is 575. The van der Waals surface area contributed by atoms with Crippen LogP contribution >= 0.6 is 11.6 Å². The normalized spacial score (nSPS) is 11.1. The molecule has 1 heterocycles. The number of nitrogens with one attached hydrogen (secondary N) is 1. The first-order chi connectivity index (χ1) is 7.99. The van der Waals surface area contributed by atoms with Crippen molar-refractivity contribution < 1.29 is 9.21 Å². The Kier molecular flexibility index (Phi) is 3.09. The highest BCUT2D eigenvalue weighted by molar-refractivity contribution is 6.31. The number of hydrazine groups is 1. The van der Waals surface area contributed by atoms with Gasteiger partial charge in [0.1, 0.15) is 5.58 Å². The summed E-state index contributed by atoms with van der Waals surface area (Å²) in [5.74, 6) is 0.0517. The second-order valence-electron chi connectivity index (χ2n) is 4.03. The second-order valence-corrected chi connectivity index (χ2v) is 4.47. The van der Waals surface area contributed by atoms with Crippen molar-refractivity contribution >= 4 is 28.5 Å². The first-order valence-corrected chi connectivity index (χ1v) is 5.54. The van der Waals surface area contributed by atoms with Gasteiger partial charge < -0.3 is 4.42 Å². The van der Waals surface area contributed by atoms with Gasteiger partial charge in [-0.15, -0.1) is 0 Å². The fraction of sp³-hybridized carbons (Fsp3) is 0.250. The topological polar surface area (TPSA) is 45.5 Å². The van der Waals surface area contributed by atoms with Gasteiger partial charge in [-0.05, 0) is 25.1 Å². The molecule has 2 aromatic rings. The molecular weight excluding hydrogens is 240 g/mol. The molecule has 4 nitrogen and oxygen atoms in total. The summed E-state index contributed by atoms with van der Waals surface area (Å²) < 4.78 is 5.52. The Balaban J connectivity index is 2.49. The van der Waals surface area contributed by atoms with Gasteiger partial charge in [0.15, 0.2) is 5.76 Å². The van der Waals surface area contributed by atoms with E-state index in [1.807, 2.05) is 6.92 Å². The van der Waals surface area contributed by atoms with Gasteiger partial charge >= 0.3 is 5.91 Å². The molecule has 0 atom stereocenters. The molecule has 2 rings (SSSR count). The number of nitrogens with zero attached hydrogens (tertiary/aromatic N) is 1. The quantitative estimate of drug-likeness (QED) is 0.836. The number of hydrogen-bond acceptors (Lipinski definition) is 3. The third-order valence-electron chi connectivity index (χ3n) is 2.43. The lowest BCUT2D eigenvalue weighted by Gasteiger charge is -2.10. The van der Waals surface area contributed by atoms with Gasteiger partial charge in [0, 0.05) is 30.1 Å². The maximum atomic E-state index is 11.9. The van der Waals surface area contributed by atoms with Gasteiger partial charge in [0.05, 0.1) is 0 Å². The Morgan fingerprint density at radius 3 is 2.76 bits per heavy atom. The predicted octanol–water partition coefficient (Wildman–Crippen LogP) is 2.60. The van der Waals surface area contributed by atoms with Crippen molar-refractivity contribution in [3.05, 3.63) is 34.5 Å². The van der Waals surface area contributed by atoms with Crippen LogP contribution in [0.1, 0.15) is 16.1 Å². The number of hydrogen-bond donors (Lipinski definition) is 1. The van der Waals surface area contributed by atoms with E-state index in [9.17, 15) is 4.79 Å². The molecule has 0 radical (unpaired) electrons. The molecule has 0 aliphatic heterocycles. The maximum Gasteiger partial charge on any atom is 0.301 e. The van der Waals surface area contributed by atoms with Gasteiger partial charge in [-0.2, -0.15) is 0 Å². The average molecular weight is 253 g/mol. The summed E-state index contributed by atoms with van der Waals surface area (Å²) >= 11 is 5.91. The van der Waals surface area contributed by atoms with Gasteiger partial charge in [0.25, 0.3) is 0 Å². The molecule has 1 aromatic carbocycles. The van der Waals surface area contributed by atoms with Crippen LogP contribution < -0.4 is 5.43 Å². The summed E-state index contributed by atoms with van der Waals surface area (Å²) in [7, 11) is 3.49. The van der Waals surface area contributed by atoms with Crippen molar-refractivity contribution in [2.24, 2.45) is 0 Å². The number of fused-ring (bicyclic) bond motifs is 1.